The molecule has 15 heavy (non-hydrogen) atoms. The number of benzene rings is 1. The lowest BCUT2D eigenvalue weighted by Gasteiger charge is -2.15. The Morgan fingerprint density at radius 1 is 1.40 bits per heavy atom. The first-order valence-electron chi connectivity index (χ1n) is 5.22. The normalized spacial score (nSPS) is 12.7. The number of hydrogen-bond donors (Lipinski definition) is 1. The van der Waals surface area contributed by atoms with Crippen LogP contribution in [0.2, 0.25) is 5.02 Å². The molecule has 0 unspecified atom stereocenters. The molecule has 3 heteroatoms. The molecule has 1 rings (SSSR count). The van der Waals surface area contributed by atoms with Gasteiger partial charge in [0.2, 0.25) is 0 Å². The van der Waals surface area contributed by atoms with Gasteiger partial charge in [-0.2, -0.15) is 0 Å². The molecule has 1 aromatic carbocycles. The van der Waals surface area contributed by atoms with E-state index in [4.69, 9.17) is 16.3 Å². The minimum Gasteiger partial charge on any atom is -0.385 e. The SMILES string of the molecule is COCCCN[C@H](C)c1ccccc1Cl. The molecule has 0 aliphatic rings. The van der Waals surface area contributed by atoms with Crippen LogP contribution in [0.5, 0.6) is 0 Å². The van der Waals surface area contributed by atoms with Crippen molar-refractivity contribution < 1.29 is 4.74 Å². The van der Waals surface area contributed by atoms with Crippen LogP contribution in [-0.4, -0.2) is 20.3 Å². The van der Waals surface area contributed by atoms with Gasteiger partial charge in [-0.25, -0.2) is 0 Å². The molecule has 0 saturated heterocycles. The number of methoxy groups -OCH3 is 1. The van der Waals surface area contributed by atoms with Gasteiger partial charge in [0.25, 0.3) is 0 Å². The number of hydrogen-bond acceptors (Lipinski definition) is 2. The second-order valence-corrected chi connectivity index (χ2v) is 3.95. The van der Waals surface area contributed by atoms with Gasteiger partial charge in [-0.05, 0) is 31.5 Å². The fourth-order valence-electron chi connectivity index (χ4n) is 1.47. The molecule has 0 fully saturated rings. The molecule has 1 aromatic rings. The molecule has 1 atom stereocenters. The van der Waals surface area contributed by atoms with Crippen LogP contribution in [-0.2, 0) is 4.74 Å². The first-order chi connectivity index (χ1) is 7.25. The highest BCUT2D eigenvalue weighted by molar-refractivity contribution is 6.31. The van der Waals surface area contributed by atoms with Gasteiger partial charge >= 0.3 is 0 Å². The summed E-state index contributed by atoms with van der Waals surface area (Å²) in [6.45, 7) is 3.86. The molecule has 0 radical (unpaired) electrons. The monoisotopic (exact) mass is 227 g/mol. The Kier molecular flexibility index (Phi) is 5.69. The van der Waals surface area contributed by atoms with E-state index in [0.29, 0.717) is 0 Å². The Bertz CT molecular complexity index is 291. The largest absolute Gasteiger partial charge is 0.385 e. The second-order valence-electron chi connectivity index (χ2n) is 3.54. The number of halogens is 1. The summed E-state index contributed by atoms with van der Waals surface area (Å²) in [6.07, 6.45) is 1.02. The van der Waals surface area contributed by atoms with Crippen molar-refractivity contribution in [2.24, 2.45) is 0 Å². The van der Waals surface area contributed by atoms with Crippen LogP contribution >= 0.6 is 11.6 Å². The minimum atomic E-state index is 0.288. The standard InChI is InChI=1S/C12H18ClNO/c1-10(14-8-5-9-15-2)11-6-3-4-7-12(11)13/h3-4,6-7,10,14H,5,8-9H2,1-2H3/t10-/m1/s1. The summed E-state index contributed by atoms with van der Waals surface area (Å²) in [5, 5.41) is 4.23. The highest BCUT2D eigenvalue weighted by Gasteiger charge is 2.07. The van der Waals surface area contributed by atoms with Gasteiger partial charge in [0.1, 0.15) is 0 Å². The molecule has 0 aliphatic carbocycles. The average Bonchev–Trinajstić information content (AvgIpc) is 2.25. The maximum absolute atomic E-state index is 6.09. The Morgan fingerprint density at radius 3 is 2.80 bits per heavy atom. The van der Waals surface area contributed by atoms with E-state index in [1.165, 1.54) is 0 Å². The molecule has 0 spiro atoms. The molecule has 2 nitrogen and oxygen atoms in total. The molecule has 1 N–H and O–H groups in total. The van der Waals surface area contributed by atoms with Crippen molar-refractivity contribution in [1.82, 2.24) is 5.32 Å². The van der Waals surface area contributed by atoms with E-state index in [1.54, 1.807) is 7.11 Å². The molecule has 0 heterocycles. The topological polar surface area (TPSA) is 21.3 Å². The third-order valence-corrected chi connectivity index (χ3v) is 2.69. The van der Waals surface area contributed by atoms with Crippen LogP contribution in [0.4, 0.5) is 0 Å². The fraction of sp³-hybridized carbons (Fsp3) is 0.500. The highest BCUT2D eigenvalue weighted by Crippen LogP contribution is 2.21. The van der Waals surface area contributed by atoms with Crippen LogP contribution in [0, 0.1) is 0 Å². The summed E-state index contributed by atoms with van der Waals surface area (Å²) in [6, 6.07) is 8.22. The zero-order valence-electron chi connectivity index (χ0n) is 9.29. The molecule has 0 aromatic heterocycles. The number of nitrogens with one attached hydrogen (secondary N) is 1. The fourth-order valence-corrected chi connectivity index (χ4v) is 1.77. The first kappa shape index (κ1) is 12.5. The lowest BCUT2D eigenvalue weighted by atomic mass is 10.1. The van der Waals surface area contributed by atoms with Crippen molar-refractivity contribution in [3.05, 3.63) is 34.9 Å². The predicted molar refractivity (Wildman–Crippen MR) is 64.4 cm³/mol. The zero-order valence-corrected chi connectivity index (χ0v) is 10.1. The van der Waals surface area contributed by atoms with Crippen LogP contribution < -0.4 is 5.32 Å². The van der Waals surface area contributed by atoms with Gasteiger partial charge in [-0.3, -0.25) is 0 Å². The van der Waals surface area contributed by atoms with Crippen LogP contribution in [0.3, 0.4) is 0 Å². The Morgan fingerprint density at radius 2 is 2.13 bits per heavy atom. The van der Waals surface area contributed by atoms with E-state index in [2.05, 4.69) is 18.3 Å². The third kappa shape index (κ3) is 4.20. The van der Waals surface area contributed by atoms with Crippen molar-refractivity contribution in [1.29, 1.82) is 0 Å². The van der Waals surface area contributed by atoms with E-state index in [0.717, 1.165) is 30.2 Å². The quantitative estimate of drug-likeness (QED) is 0.755. The minimum absolute atomic E-state index is 0.288. The van der Waals surface area contributed by atoms with Crippen molar-refractivity contribution in [2.45, 2.75) is 19.4 Å². The van der Waals surface area contributed by atoms with E-state index in [1.807, 2.05) is 18.2 Å². The lowest BCUT2D eigenvalue weighted by Crippen LogP contribution is -2.21. The van der Waals surface area contributed by atoms with Gasteiger partial charge in [-0.1, -0.05) is 29.8 Å². The van der Waals surface area contributed by atoms with E-state index in [9.17, 15) is 0 Å². The van der Waals surface area contributed by atoms with Gasteiger partial charge in [-0.15, -0.1) is 0 Å². The van der Waals surface area contributed by atoms with E-state index < -0.39 is 0 Å². The molecule has 0 amide bonds. The van der Waals surface area contributed by atoms with Crippen molar-refractivity contribution in [3.63, 3.8) is 0 Å². The first-order valence-corrected chi connectivity index (χ1v) is 5.60. The van der Waals surface area contributed by atoms with Gasteiger partial charge in [0.15, 0.2) is 0 Å². The second kappa shape index (κ2) is 6.83. The third-order valence-electron chi connectivity index (χ3n) is 2.35. The van der Waals surface area contributed by atoms with Crippen molar-refractivity contribution in [3.8, 4) is 0 Å². The summed E-state index contributed by atoms with van der Waals surface area (Å²) in [5.74, 6) is 0. The zero-order chi connectivity index (χ0) is 11.1. The van der Waals surface area contributed by atoms with Crippen molar-refractivity contribution >= 4 is 11.6 Å². The molecule has 0 aliphatic heterocycles. The molecule has 0 saturated carbocycles. The van der Waals surface area contributed by atoms with E-state index >= 15 is 0 Å². The Labute approximate surface area is 96.6 Å². The summed E-state index contributed by atoms with van der Waals surface area (Å²) in [4.78, 5) is 0. The van der Waals surface area contributed by atoms with Gasteiger partial charge in [0.05, 0.1) is 0 Å². The maximum Gasteiger partial charge on any atom is 0.0474 e. The van der Waals surface area contributed by atoms with Crippen LogP contribution in [0.1, 0.15) is 24.9 Å². The lowest BCUT2D eigenvalue weighted by molar-refractivity contribution is 0.193. The smallest absolute Gasteiger partial charge is 0.0474 e. The Balaban J connectivity index is 2.40. The van der Waals surface area contributed by atoms with E-state index in [-0.39, 0.29) is 6.04 Å². The van der Waals surface area contributed by atoms with Crippen LogP contribution in [0.15, 0.2) is 24.3 Å². The molecular weight excluding hydrogens is 210 g/mol. The average molecular weight is 228 g/mol. The summed E-state index contributed by atoms with van der Waals surface area (Å²) >= 11 is 6.09. The van der Waals surface area contributed by atoms with Crippen molar-refractivity contribution in [2.75, 3.05) is 20.3 Å². The predicted octanol–water partition coefficient (Wildman–Crippen LogP) is 3.03. The summed E-state index contributed by atoms with van der Waals surface area (Å²) in [7, 11) is 1.72. The van der Waals surface area contributed by atoms with Gasteiger partial charge < -0.3 is 10.1 Å². The number of ether oxygens (including phenoxy) is 1. The van der Waals surface area contributed by atoms with Crippen LogP contribution in [0.25, 0.3) is 0 Å². The Hall–Kier alpha value is -0.570. The molecule has 84 valence electrons. The van der Waals surface area contributed by atoms with Gasteiger partial charge in [0, 0.05) is 24.8 Å². The molecular formula is C12H18ClNO. The summed E-state index contributed by atoms with van der Waals surface area (Å²) < 4.78 is 4.99. The maximum atomic E-state index is 6.09. The highest BCUT2D eigenvalue weighted by atomic mass is 35.5. The summed E-state index contributed by atoms with van der Waals surface area (Å²) in [5.41, 5.74) is 1.15. The number of rotatable bonds is 6. The molecule has 0 bridgehead atoms.